The summed E-state index contributed by atoms with van der Waals surface area (Å²) in [5, 5.41) is 3.01. The molecule has 1 aromatic heterocycles. The van der Waals surface area contributed by atoms with Gasteiger partial charge in [0.1, 0.15) is 5.82 Å². The molecule has 4 nitrogen and oxygen atoms in total. The van der Waals surface area contributed by atoms with Crippen LogP contribution in [0, 0.1) is 11.7 Å². The minimum atomic E-state index is -0.212. The van der Waals surface area contributed by atoms with E-state index in [0.717, 1.165) is 37.1 Å². The van der Waals surface area contributed by atoms with E-state index >= 15 is 0 Å². The SMILES string of the molecule is O=C(NCc1ccncc1)[C@H]1CCCN(Cc2cccc(F)c2)C1. The van der Waals surface area contributed by atoms with Gasteiger partial charge in [-0.1, -0.05) is 12.1 Å². The number of amides is 1. The van der Waals surface area contributed by atoms with Crippen LogP contribution in [0.15, 0.2) is 48.8 Å². The number of pyridine rings is 1. The van der Waals surface area contributed by atoms with Crippen LogP contribution in [0.25, 0.3) is 0 Å². The summed E-state index contributed by atoms with van der Waals surface area (Å²) < 4.78 is 13.3. The third kappa shape index (κ3) is 4.61. The molecular weight excluding hydrogens is 305 g/mol. The maximum absolute atomic E-state index is 13.3. The maximum atomic E-state index is 13.3. The monoisotopic (exact) mass is 327 g/mol. The highest BCUT2D eigenvalue weighted by molar-refractivity contribution is 5.78. The number of aromatic nitrogens is 1. The fourth-order valence-electron chi connectivity index (χ4n) is 3.14. The first kappa shape index (κ1) is 16.6. The van der Waals surface area contributed by atoms with Crippen molar-refractivity contribution in [2.24, 2.45) is 5.92 Å². The summed E-state index contributed by atoms with van der Waals surface area (Å²) in [6.45, 7) is 2.89. The predicted octanol–water partition coefficient (Wildman–Crippen LogP) is 2.75. The molecule has 1 amide bonds. The van der Waals surface area contributed by atoms with E-state index < -0.39 is 0 Å². The van der Waals surface area contributed by atoms with Crippen molar-refractivity contribution >= 4 is 5.91 Å². The van der Waals surface area contributed by atoms with Crippen molar-refractivity contribution in [1.29, 1.82) is 0 Å². The Hall–Kier alpha value is -2.27. The molecule has 1 N–H and O–H groups in total. The van der Waals surface area contributed by atoms with Gasteiger partial charge in [0.25, 0.3) is 0 Å². The van der Waals surface area contributed by atoms with Gasteiger partial charge in [-0.3, -0.25) is 14.7 Å². The molecule has 1 atom stereocenters. The molecule has 0 spiro atoms. The van der Waals surface area contributed by atoms with Gasteiger partial charge in [0.15, 0.2) is 0 Å². The molecule has 126 valence electrons. The Balaban J connectivity index is 1.52. The van der Waals surface area contributed by atoms with E-state index in [-0.39, 0.29) is 17.6 Å². The van der Waals surface area contributed by atoms with E-state index in [4.69, 9.17) is 0 Å². The minimum absolute atomic E-state index is 0.00542. The Morgan fingerprint density at radius 1 is 1.25 bits per heavy atom. The number of benzene rings is 1. The number of likely N-dealkylation sites (tertiary alicyclic amines) is 1. The standard InChI is InChI=1S/C19H22FN3O/c20-18-5-1-3-16(11-18)13-23-10-2-4-17(14-23)19(24)22-12-15-6-8-21-9-7-15/h1,3,5-9,11,17H,2,4,10,12-14H2,(H,22,24)/t17-/m0/s1. The van der Waals surface area contributed by atoms with E-state index in [1.54, 1.807) is 24.5 Å². The molecular formula is C19H22FN3O. The summed E-state index contributed by atoms with van der Waals surface area (Å²) in [6, 6.07) is 10.5. The summed E-state index contributed by atoms with van der Waals surface area (Å²) in [6.07, 6.45) is 5.34. The molecule has 0 saturated carbocycles. The van der Waals surface area contributed by atoms with E-state index in [1.807, 2.05) is 18.2 Å². The van der Waals surface area contributed by atoms with Gasteiger partial charge in [0.2, 0.25) is 5.91 Å². The Kier molecular flexibility index (Phi) is 5.54. The molecule has 1 saturated heterocycles. The second-order valence-corrected chi connectivity index (χ2v) is 6.28. The molecule has 2 heterocycles. The molecule has 2 aromatic rings. The third-order valence-electron chi connectivity index (χ3n) is 4.39. The summed E-state index contributed by atoms with van der Waals surface area (Å²) in [7, 11) is 0. The van der Waals surface area contributed by atoms with Crippen LogP contribution in [-0.4, -0.2) is 28.9 Å². The fraction of sp³-hybridized carbons (Fsp3) is 0.368. The Morgan fingerprint density at radius 3 is 2.88 bits per heavy atom. The highest BCUT2D eigenvalue weighted by atomic mass is 19.1. The topological polar surface area (TPSA) is 45.2 Å². The van der Waals surface area contributed by atoms with Gasteiger partial charge in [0.05, 0.1) is 5.92 Å². The number of carbonyl (C=O) groups is 1. The Morgan fingerprint density at radius 2 is 2.08 bits per heavy atom. The van der Waals surface area contributed by atoms with Gasteiger partial charge in [-0.05, 0) is 54.8 Å². The lowest BCUT2D eigenvalue weighted by molar-refractivity contribution is -0.126. The second-order valence-electron chi connectivity index (χ2n) is 6.28. The van der Waals surface area contributed by atoms with Gasteiger partial charge in [-0.2, -0.15) is 0 Å². The highest BCUT2D eigenvalue weighted by Crippen LogP contribution is 2.19. The lowest BCUT2D eigenvalue weighted by Crippen LogP contribution is -2.42. The molecule has 0 unspecified atom stereocenters. The zero-order chi connectivity index (χ0) is 16.8. The van der Waals surface area contributed by atoms with Crippen molar-refractivity contribution in [2.45, 2.75) is 25.9 Å². The average Bonchev–Trinajstić information content (AvgIpc) is 2.61. The maximum Gasteiger partial charge on any atom is 0.224 e. The number of carbonyl (C=O) groups excluding carboxylic acids is 1. The Bertz CT molecular complexity index is 677. The van der Waals surface area contributed by atoms with Crippen molar-refractivity contribution in [3.05, 3.63) is 65.7 Å². The predicted molar refractivity (Wildman–Crippen MR) is 90.5 cm³/mol. The number of hydrogen-bond donors (Lipinski definition) is 1. The van der Waals surface area contributed by atoms with Crippen LogP contribution in [0.5, 0.6) is 0 Å². The first-order valence-corrected chi connectivity index (χ1v) is 8.34. The second kappa shape index (κ2) is 8.02. The van der Waals surface area contributed by atoms with Crippen LogP contribution >= 0.6 is 0 Å². The van der Waals surface area contributed by atoms with Crippen LogP contribution in [0.3, 0.4) is 0 Å². The van der Waals surface area contributed by atoms with Crippen LogP contribution in [0.1, 0.15) is 24.0 Å². The quantitative estimate of drug-likeness (QED) is 0.918. The molecule has 5 heteroatoms. The normalized spacial score (nSPS) is 18.3. The summed E-state index contributed by atoms with van der Waals surface area (Å²) >= 11 is 0. The summed E-state index contributed by atoms with van der Waals surface area (Å²) in [4.78, 5) is 18.6. The average molecular weight is 327 g/mol. The third-order valence-corrected chi connectivity index (χ3v) is 4.39. The molecule has 0 bridgehead atoms. The van der Waals surface area contributed by atoms with Crippen molar-refractivity contribution in [2.75, 3.05) is 13.1 Å². The lowest BCUT2D eigenvalue weighted by Gasteiger charge is -2.32. The van der Waals surface area contributed by atoms with Crippen molar-refractivity contribution in [1.82, 2.24) is 15.2 Å². The number of halogens is 1. The van der Waals surface area contributed by atoms with Crippen molar-refractivity contribution < 1.29 is 9.18 Å². The van der Waals surface area contributed by atoms with Crippen LogP contribution in [0.4, 0.5) is 4.39 Å². The molecule has 3 rings (SSSR count). The van der Waals surface area contributed by atoms with Crippen LogP contribution in [-0.2, 0) is 17.9 Å². The Labute approximate surface area is 141 Å². The molecule has 1 fully saturated rings. The number of hydrogen-bond acceptors (Lipinski definition) is 3. The molecule has 1 aliphatic heterocycles. The number of rotatable bonds is 5. The smallest absolute Gasteiger partial charge is 0.224 e. The molecule has 24 heavy (non-hydrogen) atoms. The highest BCUT2D eigenvalue weighted by Gasteiger charge is 2.25. The number of piperidine rings is 1. The van der Waals surface area contributed by atoms with Crippen LogP contribution < -0.4 is 5.32 Å². The lowest BCUT2D eigenvalue weighted by atomic mass is 9.96. The molecule has 1 aliphatic rings. The number of nitrogens with one attached hydrogen (secondary N) is 1. The molecule has 1 aromatic carbocycles. The first-order chi connectivity index (χ1) is 11.7. The van der Waals surface area contributed by atoms with E-state index in [9.17, 15) is 9.18 Å². The van der Waals surface area contributed by atoms with Crippen molar-refractivity contribution in [3.63, 3.8) is 0 Å². The van der Waals surface area contributed by atoms with Crippen molar-refractivity contribution in [3.8, 4) is 0 Å². The summed E-state index contributed by atoms with van der Waals surface area (Å²) in [5.74, 6) is -0.124. The molecule has 0 aliphatic carbocycles. The first-order valence-electron chi connectivity index (χ1n) is 8.34. The fourth-order valence-corrected chi connectivity index (χ4v) is 3.14. The zero-order valence-electron chi connectivity index (χ0n) is 13.6. The minimum Gasteiger partial charge on any atom is -0.352 e. The van der Waals surface area contributed by atoms with Crippen LogP contribution in [0.2, 0.25) is 0 Å². The largest absolute Gasteiger partial charge is 0.352 e. The van der Waals surface area contributed by atoms with Gasteiger partial charge in [0, 0.05) is 32.0 Å². The van der Waals surface area contributed by atoms with Gasteiger partial charge in [-0.15, -0.1) is 0 Å². The molecule has 0 radical (unpaired) electrons. The van der Waals surface area contributed by atoms with E-state index in [0.29, 0.717) is 13.1 Å². The van der Waals surface area contributed by atoms with Gasteiger partial charge < -0.3 is 5.32 Å². The van der Waals surface area contributed by atoms with Gasteiger partial charge >= 0.3 is 0 Å². The van der Waals surface area contributed by atoms with E-state index in [2.05, 4.69) is 15.2 Å². The van der Waals surface area contributed by atoms with E-state index in [1.165, 1.54) is 6.07 Å². The zero-order valence-corrected chi connectivity index (χ0v) is 13.6. The number of nitrogens with zero attached hydrogens (tertiary/aromatic N) is 2. The summed E-state index contributed by atoms with van der Waals surface area (Å²) in [5.41, 5.74) is 2.00. The van der Waals surface area contributed by atoms with Gasteiger partial charge in [-0.25, -0.2) is 4.39 Å².